The molecule has 1 amide bonds. The molecule has 3 heteroatoms. The Kier molecular flexibility index (Phi) is 2.99. The van der Waals surface area contributed by atoms with Crippen molar-refractivity contribution in [2.75, 3.05) is 26.3 Å². The van der Waals surface area contributed by atoms with Crippen molar-refractivity contribution in [3.8, 4) is 0 Å². The summed E-state index contributed by atoms with van der Waals surface area (Å²) >= 11 is 0. The molecule has 0 aromatic heterocycles. The van der Waals surface area contributed by atoms with Gasteiger partial charge in [0.1, 0.15) is 0 Å². The zero-order valence-electron chi connectivity index (χ0n) is 8.24. The lowest BCUT2D eigenvalue weighted by Crippen LogP contribution is -2.41. The monoisotopic (exact) mass is 193 g/mol. The molecule has 2 rings (SSSR count). The van der Waals surface area contributed by atoms with E-state index < -0.39 is 0 Å². The lowest BCUT2D eigenvalue weighted by Gasteiger charge is -2.27. The van der Waals surface area contributed by atoms with Gasteiger partial charge in [-0.1, -0.05) is 18.2 Å². The summed E-state index contributed by atoms with van der Waals surface area (Å²) in [6.45, 7) is 2.79. The highest BCUT2D eigenvalue weighted by molar-refractivity contribution is 5.96. The van der Waals surface area contributed by atoms with Gasteiger partial charge in [0.05, 0.1) is 13.2 Å². The summed E-state index contributed by atoms with van der Waals surface area (Å²) in [5, 5.41) is 0. The van der Waals surface area contributed by atoms with Crippen LogP contribution >= 0.6 is 0 Å². The van der Waals surface area contributed by atoms with Crippen LogP contribution in [0.5, 0.6) is 0 Å². The molecule has 3 nitrogen and oxygen atoms in total. The molecule has 0 unspecified atom stereocenters. The minimum Gasteiger partial charge on any atom is -0.378 e. The number of carbonyl (C=O) groups excluding carboxylic acids is 1. The Morgan fingerprint density at radius 3 is 2.71 bits per heavy atom. The SMILES string of the molecule is O=C(C1=CCCC=C1)N1CCOCC1. The zero-order chi connectivity index (χ0) is 9.80. The average Bonchev–Trinajstić information content (AvgIpc) is 2.30. The molecule has 1 fully saturated rings. The number of rotatable bonds is 1. The van der Waals surface area contributed by atoms with Crippen molar-refractivity contribution in [3.63, 3.8) is 0 Å². The quantitative estimate of drug-likeness (QED) is 0.624. The maximum Gasteiger partial charge on any atom is 0.253 e. The molecule has 0 spiro atoms. The summed E-state index contributed by atoms with van der Waals surface area (Å²) in [7, 11) is 0. The van der Waals surface area contributed by atoms with Crippen LogP contribution in [0.1, 0.15) is 12.8 Å². The molecule has 14 heavy (non-hydrogen) atoms. The predicted octanol–water partition coefficient (Wildman–Crippen LogP) is 1.12. The molecule has 1 heterocycles. The van der Waals surface area contributed by atoms with Gasteiger partial charge in [-0.05, 0) is 12.8 Å². The maximum atomic E-state index is 11.9. The van der Waals surface area contributed by atoms with Crippen molar-refractivity contribution in [2.24, 2.45) is 0 Å². The fourth-order valence-corrected chi connectivity index (χ4v) is 1.72. The highest BCUT2D eigenvalue weighted by atomic mass is 16.5. The van der Waals surface area contributed by atoms with E-state index in [1.165, 1.54) is 0 Å². The molecule has 0 bridgehead atoms. The Balaban J connectivity index is 1.99. The first-order valence-electron chi connectivity index (χ1n) is 5.11. The van der Waals surface area contributed by atoms with Crippen LogP contribution in [0, 0.1) is 0 Å². The zero-order valence-corrected chi connectivity index (χ0v) is 8.24. The van der Waals surface area contributed by atoms with E-state index in [0.29, 0.717) is 13.2 Å². The number of hydrogen-bond donors (Lipinski definition) is 0. The number of carbonyl (C=O) groups is 1. The number of allylic oxidation sites excluding steroid dienone is 2. The van der Waals surface area contributed by atoms with E-state index in [1.54, 1.807) is 0 Å². The first-order valence-corrected chi connectivity index (χ1v) is 5.11. The van der Waals surface area contributed by atoms with Crippen LogP contribution in [-0.4, -0.2) is 37.1 Å². The molecule has 0 aromatic rings. The van der Waals surface area contributed by atoms with Gasteiger partial charge in [-0.15, -0.1) is 0 Å². The summed E-state index contributed by atoms with van der Waals surface area (Å²) in [6.07, 6.45) is 8.06. The molecular weight excluding hydrogens is 178 g/mol. The number of ether oxygens (including phenoxy) is 1. The average molecular weight is 193 g/mol. The van der Waals surface area contributed by atoms with Gasteiger partial charge >= 0.3 is 0 Å². The largest absolute Gasteiger partial charge is 0.378 e. The molecule has 1 aliphatic carbocycles. The molecule has 0 saturated carbocycles. The van der Waals surface area contributed by atoms with Gasteiger partial charge in [0, 0.05) is 18.7 Å². The smallest absolute Gasteiger partial charge is 0.253 e. The van der Waals surface area contributed by atoms with E-state index >= 15 is 0 Å². The van der Waals surface area contributed by atoms with Gasteiger partial charge in [-0.25, -0.2) is 0 Å². The van der Waals surface area contributed by atoms with E-state index in [9.17, 15) is 4.79 Å². The minimum atomic E-state index is 0.157. The van der Waals surface area contributed by atoms with Crippen LogP contribution in [-0.2, 0) is 9.53 Å². The molecule has 1 saturated heterocycles. The number of amides is 1. The summed E-state index contributed by atoms with van der Waals surface area (Å²) in [4.78, 5) is 13.8. The lowest BCUT2D eigenvalue weighted by atomic mass is 10.1. The second-order valence-corrected chi connectivity index (χ2v) is 3.54. The predicted molar refractivity (Wildman–Crippen MR) is 53.9 cm³/mol. The van der Waals surface area contributed by atoms with Crippen LogP contribution in [0.15, 0.2) is 23.8 Å². The molecule has 0 N–H and O–H groups in total. The molecule has 76 valence electrons. The van der Waals surface area contributed by atoms with Crippen molar-refractivity contribution < 1.29 is 9.53 Å². The van der Waals surface area contributed by atoms with Crippen LogP contribution in [0.3, 0.4) is 0 Å². The summed E-state index contributed by atoms with van der Waals surface area (Å²) in [6, 6.07) is 0. The van der Waals surface area contributed by atoms with Gasteiger partial charge in [0.15, 0.2) is 0 Å². The lowest BCUT2D eigenvalue weighted by molar-refractivity contribution is -0.130. The number of nitrogens with zero attached hydrogens (tertiary/aromatic N) is 1. The van der Waals surface area contributed by atoms with Crippen LogP contribution in [0.2, 0.25) is 0 Å². The summed E-state index contributed by atoms with van der Waals surface area (Å²) in [5.74, 6) is 0.157. The van der Waals surface area contributed by atoms with E-state index in [2.05, 4.69) is 6.08 Å². The van der Waals surface area contributed by atoms with Crippen molar-refractivity contribution in [2.45, 2.75) is 12.8 Å². The second-order valence-electron chi connectivity index (χ2n) is 3.54. The molecule has 2 aliphatic rings. The van der Waals surface area contributed by atoms with Gasteiger partial charge in [0.2, 0.25) is 0 Å². The normalized spacial score (nSPS) is 22.0. The second kappa shape index (κ2) is 4.42. The maximum absolute atomic E-state index is 11.9. The van der Waals surface area contributed by atoms with Crippen molar-refractivity contribution >= 4 is 5.91 Å². The highest BCUT2D eigenvalue weighted by Crippen LogP contribution is 2.13. The van der Waals surface area contributed by atoms with Crippen molar-refractivity contribution in [1.29, 1.82) is 0 Å². The van der Waals surface area contributed by atoms with E-state index in [4.69, 9.17) is 4.74 Å². The highest BCUT2D eigenvalue weighted by Gasteiger charge is 2.19. The Hall–Kier alpha value is -1.09. The third kappa shape index (κ3) is 2.04. The molecular formula is C11H15NO2. The van der Waals surface area contributed by atoms with Gasteiger partial charge in [-0.3, -0.25) is 4.79 Å². The Labute approximate surface area is 84.0 Å². The van der Waals surface area contributed by atoms with Crippen LogP contribution in [0.25, 0.3) is 0 Å². The molecule has 0 atom stereocenters. The number of morpholine rings is 1. The summed E-state index contributed by atoms with van der Waals surface area (Å²) < 4.78 is 5.21. The molecule has 1 aliphatic heterocycles. The molecule has 0 aromatic carbocycles. The third-order valence-corrected chi connectivity index (χ3v) is 2.54. The fourth-order valence-electron chi connectivity index (χ4n) is 1.72. The first kappa shape index (κ1) is 9.46. The fraction of sp³-hybridized carbons (Fsp3) is 0.545. The van der Waals surface area contributed by atoms with Crippen LogP contribution < -0.4 is 0 Å². The topological polar surface area (TPSA) is 29.5 Å². The van der Waals surface area contributed by atoms with E-state index in [-0.39, 0.29) is 5.91 Å². The Morgan fingerprint density at radius 1 is 1.29 bits per heavy atom. The third-order valence-electron chi connectivity index (χ3n) is 2.54. The van der Waals surface area contributed by atoms with Gasteiger partial charge < -0.3 is 9.64 Å². The first-order chi connectivity index (χ1) is 6.88. The van der Waals surface area contributed by atoms with Crippen LogP contribution in [0.4, 0.5) is 0 Å². The van der Waals surface area contributed by atoms with Crippen molar-refractivity contribution in [1.82, 2.24) is 4.90 Å². The standard InChI is InChI=1S/C11H15NO2/c13-11(10-4-2-1-3-5-10)12-6-8-14-9-7-12/h2,4-5H,1,3,6-9H2. The Bertz CT molecular complexity index is 275. The Morgan fingerprint density at radius 2 is 2.07 bits per heavy atom. The molecule has 0 radical (unpaired) electrons. The minimum absolute atomic E-state index is 0.157. The van der Waals surface area contributed by atoms with Gasteiger partial charge in [0.25, 0.3) is 5.91 Å². The van der Waals surface area contributed by atoms with Gasteiger partial charge in [-0.2, -0.15) is 0 Å². The van der Waals surface area contributed by atoms with Crippen molar-refractivity contribution in [3.05, 3.63) is 23.8 Å². The summed E-state index contributed by atoms with van der Waals surface area (Å²) in [5.41, 5.74) is 0.846. The van der Waals surface area contributed by atoms with E-state index in [0.717, 1.165) is 31.5 Å². The van der Waals surface area contributed by atoms with E-state index in [1.807, 2.05) is 17.1 Å². The number of hydrogen-bond acceptors (Lipinski definition) is 2.